The molecule has 1 aliphatic rings. The normalized spacial score (nSPS) is 20.1. The predicted octanol–water partition coefficient (Wildman–Crippen LogP) is 2.71. The summed E-state index contributed by atoms with van der Waals surface area (Å²) in [6, 6.07) is 5.03. The van der Waals surface area contributed by atoms with E-state index in [2.05, 4.69) is 24.1 Å². The third-order valence-electron chi connectivity index (χ3n) is 3.31. The first-order chi connectivity index (χ1) is 7.98. The fraction of sp³-hybridized carbons (Fsp3) is 0.571. The van der Waals surface area contributed by atoms with Gasteiger partial charge in [-0.05, 0) is 51.4 Å². The lowest BCUT2D eigenvalue weighted by Crippen LogP contribution is -2.46. The molecule has 2 nitrogen and oxygen atoms in total. The van der Waals surface area contributed by atoms with E-state index in [9.17, 15) is 4.39 Å². The maximum absolute atomic E-state index is 13.4. The smallest absolute Gasteiger partial charge is 0.125 e. The van der Waals surface area contributed by atoms with Crippen molar-refractivity contribution in [3.63, 3.8) is 0 Å². The average molecular weight is 236 g/mol. The maximum Gasteiger partial charge on any atom is 0.125 e. The number of halogens is 1. The van der Waals surface area contributed by atoms with Crippen LogP contribution in [0.5, 0.6) is 0 Å². The average Bonchev–Trinajstić information content (AvgIpc) is 2.43. The van der Waals surface area contributed by atoms with Crippen LogP contribution in [-0.4, -0.2) is 25.2 Å². The minimum Gasteiger partial charge on any atom is -0.369 e. The Labute approximate surface area is 103 Å². The molecule has 94 valence electrons. The number of benzene rings is 1. The van der Waals surface area contributed by atoms with Crippen LogP contribution in [0.3, 0.4) is 0 Å². The Balaban J connectivity index is 2.28. The van der Waals surface area contributed by atoms with Gasteiger partial charge >= 0.3 is 0 Å². The van der Waals surface area contributed by atoms with Gasteiger partial charge in [-0.15, -0.1) is 0 Å². The molecule has 1 aliphatic heterocycles. The van der Waals surface area contributed by atoms with E-state index in [1.54, 1.807) is 6.07 Å². The predicted molar refractivity (Wildman–Crippen MR) is 70.0 cm³/mol. The van der Waals surface area contributed by atoms with Gasteiger partial charge < -0.3 is 10.2 Å². The van der Waals surface area contributed by atoms with Crippen LogP contribution in [0.1, 0.15) is 25.8 Å². The van der Waals surface area contributed by atoms with Crippen molar-refractivity contribution in [3.8, 4) is 0 Å². The lowest BCUT2D eigenvalue weighted by atomic mass is 10.0. The van der Waals surface area contributed by atoms with Crippen molar-refractivity contribution in [2.45, 2.75) is 32.7 Å². The summed E-state index contributed by atoms with van der Waals surface area (Å²) in [6.07, 6.45) is 1.10. The van der Waals surface area contributed by atoms with Crippen LogP contribution >= 0.6 is 0 Å². The van der Waals surface area contributed by atoms with Crippen LogP contribution < -0.4 is 10.2 Å². The van der Waals surface area contributed by atoms with E-state index >= 15 is 0 Å². The van der Waals surface area contributed by atoms with Gasteiger partial charge in [0.1, 0.15) is 5.82 Å². The summed E-state index contributed by atoms with van der Waals surface area (Å²) in [6.45, 7) is 9.36. The molecule has 0 radical (unpaired) electrons. The quantitative estimate of drug-likeness (QED) is 0.806. The highest BCUT2D eigenvalue weighted by Crippen LogP contribution is 2.24. The zero-order valence-electron chi connectivity index (χ0n) is 10.9. The molecule has 0 unspecified atom stereocenters. The molecule has 0 spiro atoms. The van der Waals surface area contributed by atoms with E-state index in [4.69, 9.17) is 0 Å². The molecule has 1 N–H and O–H groups in total. The Morgan fingerprint density at radius 2 is 2.12 bits per heavy atom. The summed E-state index contributed by atoms with van der Waals surface area (Å²) in [4.78, 5) is 2.29. The zero-order valence-corrected chi connectivity index (χ0v) is 10.9. The topological polar surface area (TPSA) is 15.3 Å². The Hall–Kier alpha value is -1.09. The highest BCUT2D eigenvalue weighted by atomic mass is 19.1. The van der Waals surface area contributed by atoms with Crippen molar-refractivity contribution in [1.29, 1.82) is 0 Å². The lowest BCUT2D eigenvalue weighted by Gasteiger charge is -2.32. The van der Waals surface area contributed by atoms with E-state index in [-0.39, 0.29) is 11.4 Å². The first kappa shape index (κ1) is 12.4. The van der Waals surface area contributed by atoms with Crippen molar-refractivity contribution < 1.29 is 4.39 Å². The highest BCUT2D eigenvalue weighted by molar-refractivity contribution is 5.53. The SMILES string of the molecule is Cc1ccc(F)cc1N1CCCNC(C)(C)C1. The molecule has 0 saturated carbocycles. The summed E-state index contributed by atoms with van der Waals surface area (Å²) in [5.41, 5.74) is 2.25. The van der Waals surface area contributed by atoms with Crippen molar-refractivity contribution in [2.24, 2.45) is 0 Å². The molecule has 2 rings (SSSR count). The first-order valence-corrected chi connectivity index (χ1v) is 6.24. The van der Waals surface area contributed by atoms with Gasteiger partial charge in [0.2, 0.25) is 0 Å². The monoisotopic (exact) mass is 236 g/mol. The van der Waals surface area contributed by atoms with Gasteiger partial charge in [-0.1, -0.05) is 6.07 Å². The largest absolute Gasteiger partial charge is 0.369 e. The third-order valence-corrected chi connectivity index (χ3v) is 3.31. The lowest BCUT2D eigenvalue weighted by molar-refractivity contribution is 0.416. The minimum absolute atomic E-state index is 0.0786. The Morgan fingerprint density at radius 3 is 2.88 bits per heavy atom. The molecule has 17 heavy (non-hydrogen) atoms. The number of nitrogens with one attached hydrogen (secondary N) is 1. The Morgan fingerprint density at radius 1 is 1.35 bits per heavy atom. The maximum atomic E-state index is 13.4. The first-order valence-electron chi connectivity index (χ1n) is 6.24. The Kier molecular flexibility index (Phi) is 3.38. The number of rotatable bonds is 1. The van der Waals surface area contributed by atoms with Gasteiger partial charge in [-0.2, -0.15) is 0 Å². The van der Waals surface area contributed by atoms with E-state index in [0.717, 1.165) is 37.3 Å². The van der Waals surface area contributed by atoms with Crippen molar-refractivity contribution in [1.82, 2.24) is 5.32 Å². The number of hydrogen-bond acceptors (Lipinski definition) is 2. The van der Waals surface area contributed by atoms with Gasteiger partial charge in [0.25, 0.3) is 0 Å². The second kappa shape index (κ2) is 4.65. The third kappa shape index (κ3) is 2.97. The number of aryl methyl sites for hydroxylation is 1. The van der Waals surface area contributed by atoms with Gasteiger partial charge in [-0.25, -0.2) is 4.39 Å². The summed E-state index contributed by atoms with van der Waals surface area (Å²) in [7, 11) is 0. The summed E-state index contributed by atoms with van der Waals surface area (Å²) in [5.74, 6) is -0.152. The molecule has 1 saturated heterocycles. The van der Waals surface area contributed by atoms with E-state index in [1.807, 2.05) is 13.0 Å². The zero-order chi connectivity index (χ0) is 12.5. The molecule has 0 aliphatic carbocycles. The van der Waals surface area contributed by atoms with Crippen LogP contribution in [0.4, 0.5) is 10.1 Å². The van der Waals surface area contributed by atoms with Gasteiger partial charge in [0.15, 0.2) is 0 Å². The van der Waals surface area contributed by atoms with Crippen LogP contribution in [-0.2, 0) is 0 Å². The summed E-state index contributed by atoms with van der Waals surface area (Å²) in [5, 5.41) is 3.52. The van der Waals surface area contributed by atoms with Crippen molar-refractivity contribution in [2.75, 3.05) is 24.5 Å². The molecule has 0 amide bonds. The molecule has 0 bridgehead atoms. The second-order valence-electron chi connectivity index (χ2n) is 5.52. The molecule has 1 fully saturated rings. The van der Waals surface area contributed by atoms with Crippen LogP contribution in [0.15, 0.2) is 18.2 Å². The fourth-order valence-electron chi connectivity index (χ4n) is 2.44. The molecular formula is C14H21FN2. The standard InChI is InChI=1S/C14H21FN2/c1-11-5-6-12(15)9-13(11)17-8-4-7-16-14(2,3)10-17/h5-6,9,16H,4,7-8,10H2,1-3H3. The minimum atomic E-state index is -0.152. The molecule has 0 aromatic heterocycles. The summed E-state index contributed by atoms with van der Waals surface area (Å²) < 4.78 is 13.4. The van der Waals surface area contributed by atoms with Crippen LogP contribution in [0.2, 0.25) is 0 Å². The molecule has 0 atom stereocenters. The number of anilines is 1. The van der Waals surface area contributed by atoms with E-state index < -0.39 is 0 Å². The Bertz CT molecular complexity index is 401. The van der Waals surface area contributed by atoms with Crippen molar-refractivity contribution in [3.05, 3.63) is 29.6 Å². The van der Waals surface area contributed by atoms with Gasteiger partial charge in [-0.3, -0.25) is 0 Å². The molecular weight excluding hydrogens is 215 g/mol. The second-order valence-corrected chi connectivity index (χ2v) is 5.52. The molecule has 1 aromatic rings. The number of nitrogens with zero attached hydrogens (tertiary/aromatic N) is 1. The van der Waals surface area contributed by atoms with Crippen molar-refractivity contribution >= 4 is 5.69 Å². The van der Waals surface area contributed by atoms with E-state index in [1.165, 1.54) is 6.07 Å². The molecule has 1 heterocycles. The van der Waals surface area contributed by atoms with Crippen LogP contribution in [0.25, 0.3) is 0 Å². The highest BCUT2D eigenvalue weighted by Gasteiger charge is 2.24. The van der Waals surface area contributed by atoms with Gasteiger partial charge in [0.05, 0.1) is 0 Å². The van der Waals surface area contributed by atoms with Crippen LogP contribution in [0, 0.1) is 12.7 Å². The molecule has 3 heteroatoms. The summed E-state index contributed by atoms with van der Waals surface area (Å²) >= 11 is 0. The van der Waals surface area contributed by atoms with E-state index in [0.29, 0.717) is 0 Å². The van der Waals surface area contributed by atoms with Gasteiger partial charge in [0, 0.05) is 24.3 Å². The fourth-order valence-corrected chi connectivity index (χ4v) is 2.44. The number of hydrogen-bond donors (Lipinski definition) is 1. The molecule has 1 aromatic carbocycles.